The number of benzene rings is 1. The molecule has 0 bridgehead atoms. The lowest BCUT2D eigenvalue weighted by Gasteiger charge is -2.21. The molecular formula is C18H21F3NO5PS3. The number of rotatable bonds is 9. The Labute approximate surface area is 188 Å². The average molecular weight is 516 g/mol. The molecule has 31 heavy (non-hydrogen) atoms. The van der Waals surface area contributed by atoms with Crippen LogP contribution in [0.4, 0.5) is 13.2 Å². The highest BCUT2D eigenvalue weighted by molar-refractivity contribution is 8.24. The Morgan fingerprint density at radius 3 is 2.29 bits per heavy atom. The topological polar surface area (TPSA) is 74.6 Å². The zero-order valence-corrected chi connectivity index (χ0v) is 20.2. The Bertz CT molecular complexity index is 1130. The molecule has 1 aromatic heterocycles. The summed E-state index contributed by atoms with van der Waals surface area (Å²) < 4.78 is 89.3. The second-order valence-electron chi connectivity index (χ2n) is 5.93. The lowest BCUT2D eigenvalue weighted by atomic mass is 10.2. The molecule has 0 radical (unpaired) electrons. The summed E-state index contributed by atoms with van der Waals surface area (Å²) in [5.74, 6) is 0.484. The third-order valence-electron chi connectivity index (χ3n) is 3.89. The van der Waals surface area contributed by atoms with Gasteiger partial charge in [-0.05, 0) is 37.8 Å². The molecule has 0 spiro atoms. The van der Waals surface area contributed by atoms with E-state index in [1.54, 1.807) is 26.8 Å². The van der Waals surface area contributed by atoms with Gasteiger partial charge in [0, 0.05) is 5.39 Å². The molecule has 0 amide bonds. The lowest BCUT2D eigenvalue weighted by Crippen LogP contribution is -2.30. The smallest absolute Gasteiger partial charge is 0.305 e. The molecule has 2 aromatic rings. The number of hydrogen-bond donors (Lipinski definition) is 0. The number of aromatic nitrogens is 1. The monoisotopic (exact) mass is 515 g/mol. The van der Waals surface area contributed by atoms with E-state index in [4.69, 9.17) is 21.3 Å². The number of alkyl halides is 3. The maximum atomic E-state index is 13.4. The molecule has 2 rings (SSSR count). The zero-order valence-electron chi connectivity index (χ0n) is 16.9. The van der Waals surface area contributed by atoms with Gasteiger partial charge in [-0.3, -0.25) is 4.57 Å². The Morgan fingerprint density at radius 1 is 1.19 bits per heavy atom. The molecule has 0 aliphatic rings. The normalized spacial score (nSPS) is 13.7. The second kappa shape index (κ2) is 10.2. The minimum absolute atomic E-state index is 0.0160. The van der Waals surface area contributed by atoms with Gasteiger partial charge < -0.3 is 9.05 Å². The summed E-state index contributed by atoms with van der Waals surface area (Å²) in [4.78, 5) is 0. The summed E-state index contributed by atoms with van der Waals surface area (Å²) in [6.45, 7) is 4.90. The molecule has 1 heterocycles. The van der Waals surface area contributed by atoms with Crippen LogP contribution in [0.1, 0.15) is 26.5 Å². The van der Waals surface area contributed by atoms with Crippen LogP contribution < -0.4 is 0 Å². The molecule has 13 heteroatoms. The first-order chi connectivity index (χ1) is 14.4. The van der Waals surface area contributed by atoms with Gasteiger partial charge >= 0.3 is 23.1 Å². The third-order valence-corrected chi connectivity index (χ3v) is 9.15. The quantitative estimate of drug-likeness (QED) is 0.229. The first-order valence-electron chi connectivity index (χ1n) is 9.13. The molecule has 6 nitrogen and oxygen atoms in total. The summed E-state index contributed by atoms with van der Waals surface area (Å²) in [7, 11) is -9.82. The first kappa shape index (κ1) is 26.1. The van der Waals surface area contributed by atoms with Crippen molar-refractivity contribution in [2.24, 2.45) is 0 Å². The summed E-state index contributed by atoms with van der Waals surface area (Å²) in [6, 6.07) is 6.95. The van der Waals surface area contributed by atoms with Gasteiger partial charge in [0.05, 0.1) is 33.9 Å². The molecular weight excluding hydrogens is 494 g/mol. The van der Waals surface area contributed by atoms with Gasteiger partial charge in [0.2, 0.25) is 0 Å². The Kier molecular flexibility index (Phi) is 8.57. The SMILES string of the molecule is CCOP(=O)(OCC)/C(=C/c1cc2ccccc2n1S(=O)(=O)C(F)(F)F)C(=S)SCC. The van der Waals surface area contributed by atoms with Crippen LogP contribution in [0.25, 0.3) is 17.0 Å². The number of halogens is 3. The minimum atomic E-state index is -5.79. The summed E-state index contributed by atoms with van der Waals surface area (Å²) >= 11 is 6.44. The lowest BCUT2D eigenvalue weighted by molar-refractivity contribution is -0.0445. The highest BCUT2D eigenvalue weighted by Crippen LogP contribution is 2.58. The van der Waals surface area contributed by atoms with Gasteiger partial charge in [-0.25, -0.2) is 3.97 Å². The Balaban J connectivity index is 2.91. The van der Waals surface area contributed by atoms with Gasteiger partial charge in [-0.15, -0.1) is 11.8 Å². The Morgan fingerprint density at radius 2 is 1.77 bits per heavy atom. The van der Waals surface area contributed by atoms with E-state index in [0.717, 1.165) is 17.8 Å². The van der Waals surface area contributed by atoms with Gasteiger partial charge in [-0.2, -0.15) is 21.6 Å². The van der Waals surface area contributed by atoms with Crippen LogP contribution in [-0.4, -0.2) is 41.1 Å². The van der Waals surface area contributed by atoms with Crippen LogP contribution in [-0.2, 0) is 23.6 Å². The second-order valence-corrected chi connectivity index (χ2v) is 11.6. The molecule has 0 fully saturated rings. The maximum absolute atomic E-state index is 13.4. The zero-order chi connectivity index (χ0) is 23.4. The molecule has 1 aromatic carbocycles. The predicted molar refractivity (Wildman–Crippen MR) is 122 cm³/mol. The van der Waals surface area contributed by atoms with Crippen LogP contribution in [0.5, 0.6) is 0 Å². The number of thioether (sulfide) groups is 1. The number of para-hydroxylation sites is 1. The standard InChI is InChI=1S/C18H21F3NO5PS3/c1-4-26-28(23,27-5-2)16(17(29)30-6-3)12-14-11-13-9-7-8-10-15(13)22(14)31(24,25)18(19,20)21/h7-12H,4-6H2,1-3H3/b16-12+. The third kappa shape index (κ3) is 5.43. The molecule has 0 unspecified atom stereocenters. The van der Waals surface area contributed by atoms with Crippen LogP contribution in [0.3, 0.4) is 0 Å². The fourth-order valence-corrected chi connectivity index (χ4v) is 7.04. The van der Waals surface area contributed by atoms with E-state index >= 15 is 0 Å². The van der Waals surface area contributed by atoms with Crippen LogP contribution in [0.15, 0.2) is 35.6 Å². The van der Waals surface area contributed by atoms with Crippen molar-refractivity contribution in [2.75, 3.05) is 19.0 Å². The molecule has 172 valence electrons. The molecule has 0 N–H and O–H groups in total. The summed E-state index contributed by atoms with van der Waals surface area (Å²) in [5.41, 5.74) is -6.10. The van der Waals surface area contributed by atoms with Crippen LogP contribution >= 0.6 is 31.6 Å². The van der Waals surface area contributed by atoms with Crippen molar-refractivity contribution < 1.29 is 35.2 Å². The summed E-state index contributed by atoms with van der Waals surface area (Å²) in [6.07, 6.45) is 1.04. The summed E-state index contributed by atoms with van der Waals surface area (Å²) in [5, 5.41) is 0.0807. The van der Waals surface area contributed by atoms with Crippen LogP contribution in [0, 0.1) is 0 Å². The van der Waals surface area contributed by atoms with Crippen molar-refractivity contribution in [2.45, 2.75) is 26.3 Å². The van der Waals surface area contributed by atoms with E-state index in [0.29, 0.717) is 5.75 Å². The molecule has 0 saturated carbocycles. The van der Waals surface area contributed by atoms with Gasteiger partial charge in [0.15, 0.2) is 0 Å². The van der Waals surface area contributed by atoms with Gasteiger partial charge in [0.1, 0.15) is 0 Å². The van der Waals surface area contributed by atoms with Crippen molar-refractivity contribution >= 4 is 62.8 Å². The highest BCUT2D eigenvalue weighted by atomic mass is 32.2. The number of fused-ring (bicyclic) bond motifs is 1. The van der Waals surface area contributed by atoms with Gasteiger partial charge in [-0.1, -0.05) is 37.3 Å². The molecule has 0 aliphatic heterocycles. The predicted octanol–water partition coefficient (Wildman–Crippen LogP) is 6.03. The number of hydrogen-bond acceptors (Lipinski definition) is 7. The minimum Gasteiger partial charge on any atom is -0.305 e. The van der Waals surface area contributed by atoms with E-state index < -0.39 is 23.1 Å². The number of nitrogens with zero attached hydrogens (tertiary/aromatic N) is 1. The highest BCUT2D eigenvalue weighted by Gasteiger charge is 2.48. The molecule has 0 atom stereocenters. The van der Waals surface area contributed by atoms with Crippen molar-refractivity contribution in [1.29, 1.82) is 0 Å². The maximum Gasteiger partial charge on any atom is 0.517 e. The van der Waals surface area contributed by atoms with E-state index in [-0.39, 0.29) is 43.3 Å². The largest absolute Gasteiger partial charge is 0.517 e. The van der Waals surface area contributed by atoms with E-state index in [2.05, 4.69) is 0 Å². The van der Waals surface area contributed by atoms with E-state index in [1.807, 2.05) is 0 Å². The number of thiocarbonyl (C=S) groups is 1. The fourth-order valence-electron chi connectivity index (χ4n) is 2.73. The average Bonchev–Trinajstić information content (AvgIpc) is 3.04. The van der Waals surface area contributed by atoms with E-state index in [9.17, 15) is 26.2 Å². The van der Waals surface area contributed by atoms with Gasteiger partial charge in [0.25, 0.3) is 0 Å². The fraction of sp³-hybridized carbons (Fsp3) is 0.389. The van der Waals surface area contributed by atoms with E-state index in [1.165, 1.54) is 24.3 Å². The van der Waals surface area contributed by atoms with Crippen molar-refractivity contribution in [1.82, 2.24) is 3.97 Å². The Hall–Kier alpha value is -1.17. The molecule has 0 saturated heterocycles. The van der Waals surface area contributed by atoms with Crippen molar-refractivity contribution in [3.8, 4) is 0 Å². The molecule has 0 aliphatic carbocycles. The van der Waals surface area contributed by atoms with Crippen LogP contribution in [0.2, 0.25) is 0 Å². The first-order valence-corrected chi connectivity index (χ1v) is 13.5. The van der Waals surface area contributed by atoms with Crippen molar-refractivity contribution in [3.05, 3.63) is 41.3 Å². The van der Waals surface area contributed by atoms with Crippen molar-refractivity contribution in [3.63, 3.8) is 0 Å².